The van der Waals surface area contributed by atoms with Gasteiger partial charge in [-0.15, -0.1) is 0 Å². The Balaban J connectivity index is 2.83. The van der Waals surface area contributed by atoms with E-state index in [2.05, 4.69) is 32.4 Å². The average Bonchev–Trinajstić information content (AvgIpc) is 2.21. The number of thiocarbonyl (C=S) groups is 1. The Morgan fingerprint density at radius 2 is 2.29 bits per heavy atom. The van der Waals surface area contributed by atoms with Crippen molar-refractivity contribution < 1.29 is 4.74 Å². The lowest BCUT2D eigenvalue weighted by atomic mass is 10.3. The fourth-order valence-electron chi connectivity index (χ4n) is 0.845. The van der Waals surface area contributed by atoms with Gasteiger partial charge in [-0.3, -0.25) is 0 Å². The molecule has 0 heterocycles. The minimum atomic E-state index is -0.0690. The van der Waals surface area contributed by atoms with Gasteiger partial charge in [0.25, 0.3) is 0 Å². The van der Waals surface area contributed by atoms with Gasteiger partial charge in [-0.1, -0.05) is 17.2 Å². The molecule has 6 heteroatoms. The van der Waals surface area contributed by atoms with E-state index in [0.29, 0.717) is 11.4 Å². The molecule has 5 nitrogen and oxygen atoms in total. The molecule has 0 N–H and O–H groups in total. The van der Waals surface area contributed by atoms with E-state index in [-0.39, 0.29) is 6.73 Å². The highest BCUT2D eigenvalue weighted by Gasteiger charge is 1.98. The number of hydrogen-bond donors (Lipinski definition) is 0. The lowest BCUT2D eigenvalue weighted by molar-refractivity contribution is 0.330. The van der Waals surface area contributed by atoms with Gasteiger partial charge in [-0.2, -0.15) is 4.99 Å². The van der Waals surface area contributed by atoms with E-state index >= 15 is 0 Å². The van der Waals surface area contributed by atoms with E-state index in [9.17, 15) is 0 Å². The molecule has 0 fully saturated rings. The van der Waals surface area contributed by atoms with Crippen molar-refractivity contribution in [2.24, 2.45) is 10.1 Å². The summed E-state index contributed by atoms with van der Waals surface area (Å²) in [6.07, 6.45) is 0. The summed E-state index contributed by atoms with van der Waals surface area (Å²) in [5.41, 5.74) is 8.61. The molecular formula is C8H6N4OS. The van der Waals surface area contributed by atoms with Crippen LogP contribution in [0.4, 0.5) is 5.69 Å². The first-order valence-corrected chi connectivity index (χ1v) is 4.10. The molecule has 0 saturated heterocycles. The van der Waals surface area contributed by atoms with Crippen LogP contribution >= 0.6 is 12.2 Å². The van der Waals surface area contributed by atoms with Gasteiger partial charge in [0.1, 0.15) is 11.4 Å². The van der Waals surface area contributed by atoms with Crippen molar-refractivity contribution in [2.75, 3.05) is 6.73 Å². The van der Waals surface area contributed by atoms with Gasteiger partial charge in [0.05, 0.1) is 5.16 Å². The number of aliphatic imine (C=N–C) groups is 1. The van der Waals surface area contributed by atoms with Crippen molar-refractivity contribution in [3.8, 4) is 5.75 Å². The zero-order valence-electron chi connectivity index (χ0n) is 7.12. The second-order valence-corrected chi connectivity index (χ2v) is 2.36. The van der Waals surface area contributed by atoms with Crippen molar-refractivity contribution >= 4 is 23.1 Å². The predicted molar refractivity (Wildman–Crippen MR) is 55.8 cm³/mol. The predicted octanol–water partition coefficient (Wildman–Crippen LogP) is 3.07. The minimum absolute atomic E-state index is 0.0690. The topological polar surface area (TPSA) is 70.4 Å². The van der Waals surface area contributed by atoms with Gasteiger partial charge >= 0.3 is 0 Å². The molecule has 0 spiro atoms. The van der Waals surface area contributed by atoms with Crippen LogP contribution in [0.5, 0.6) is 5.75 Å². The number of hydrogen-bond acceptors (Lipinski definition) is 4. The number of ether oxygens (including phenoxy) is 1. The molecule has 0 aliphatic carbocycles. The molecule has 14 heavy (non-hydrogen) atoms. The van der Waals surface area contributed by atoms with Crippen molar-refractivity contribution in [1.82, 2.24) is 0 Å². The van der Waals surface area contributed by atoms with Gasteiger partial charge in [0, 0.05) is 4.91 Å². The number of rotatable bonds is 4. The number of benzene rings is 1. The van der Waals surface area contributed by atoms with E-state index < -0.39 is 0 Å². The first-order chi connectivity index (χ1) is 6.88. The number of isothiocyanates is 1. The lowest BCUT2D eigenvalue weighted by Crippen LogP contribution is -1.92. The van der Waals surface area contributed by atoms with Gasteiger partial charge in [0.15, 0.2) is 6.73 Å². The Kier molecular flexibility index (Phi) is 4.17. The second kappa shape index (κ2) is 5.72. The maximum atomic E-state index is 8.04. The van der Waals surface area contributed by atoms with Crippen molar-refractivity contribution in [3.63, 3.8) is 0 Å². The summed E-state index contributed by atoms with van der Waals surface area (Å²) in [4.78, 5) is 6.35. The number of nitrogens with zero attached hydrogens (tertiary/aromatic N) is 4. The van der Waals surface area contributed by atoms with Crippen LogP contribution in [0.25, 0.3) is 10.4 Å². The van der Waals surface area contributed by atoms with Gasteiger partial charge in [-0.25, -0.2) is 0 Å². The van der Waals surface area contributed by atoms with Crippen LogP contribution in [-0.2, 0) is 0 Å². The van der Waals surface area contributed by atoms with Crippen LogP contribution in [0, 0.1) is 0 Å². The lowest BCUT2D eigenvalue weighted by Gasteiger charge is -2.03. The highest BCUT2D eigenvalue weighted by molar-refractivity contribution is 7.78. The SMILES string of the molecule is [N-]=[N+]=NCOc1ccccc1N=C=S. The fraction of sp³-hybridized carbons (Fsp3) is 0.125. The molecule has 0 aliphatic rings. The largest absolute Gasteiger partial charge is 0.485 e. The first kappa shape index (κ1) is 10.2. The highest BCUT2D eigenvalue weighted by Crippen LogP contribution is 2.26. The molecule has 0 atom stereocenters. The third kappa shape index (κ3) is 2.88. The van der Waals surface area contributed by atoms with Crippen LogP contribution < -0.4 is 4.74 Å². The summed E-state index contributed by atoms with van der Waals surface area (Å²) in [6.45, 7) is -0.0690. The molecule has 0 amide bonds. The number of para-hydroxylation sites is 2. The van der Waals surface area contributed by atoms with E-state index in [1.165, 1.54) is 0 Å². The van der Waals surface area contributed by atoms with Crippen LogP contribution in [0.1, 0.15) is 0 Å². The molecule has 0 unspecified atom stereocenters. The Hall–Kier alpha value is -1.87. The van der Waals surface area contributed by atoms with Gasteiger partial charge in [-0.05, 0) is 29.9 Å². The van der Waals surface area contributed by atoms with Crippen LogP contribution in [0.3, 0.4) is 0 Å². The highest BCUT2D eigenvalue weighted by atomic mass is 32.1. The summed E-state index contributed by atoms with van der Waals surface area (Å²) < 4.78 is 5.13. The zero-order valence-corrected chi connectivity index (χ0v) is 7.94. The summed E-state index contributed by atoms with van der Waals surface area (Å²) in [5, 5.41) is 5.48. The molecule has 1 aromatic carbocycles. The van der Waals surface area contributed by atoms with E-state index in [1.807, 2.05) is 0 Å². The van der Waals surface area contributed by atoms with Crippen LogP contribution in [0.2, 0.25) is 0 Å². The third-order valence-electron chi connectivity index (χ3n) is 1.37. The van der Waals surface area contributed by atoms with Gasteiger partial charge < -0.3 is 4.74 Å². The Morgan fingerprint density at radius 3 is 3.00 bits per heavy atom. The molecule has 0 aromatic heterocycles. The summed E-state index contributed by atoms with van der Waals surface area (Å²) in [5.74, 6) is 0.511. The molecule has 1 rings (SSSR count). The second-order valence-electron chi connectivity index (χ2n) is 2.18. The summed E-state index contributed by atoms with van der Waals surface area (Å²) >= 11 is 4.47. The average molecular weight is 206 g/mol. The maximum absolute atomic E-state index is 8.04. The Bertz CT molecular complexity index is 408. The van der Waals surface area contributed by atoms with Crippen molar-refractivity contribution in [2.45, 2.75) is 0 Å². The van der Waals surface area contributed by atoms with Crippen molar-refractivity contribution in [1.29, 1.82) is 0 Å². The summed E-state index contributed by atoms with van der Waals surface area (Å²) in [6, 6.07) is 7.02. The first-order valence-electron chi connectivity index (χ1n) is 3.69. The molecule has 0 saturated carbocycles. The monoisotopic (exact) mass is 206 g/mol. The molecule has 0 aliphatic heterocycles. The fourth-order valence-corrected chi connectivity index (χ4v) is 0.943. The summed E-state index contributed by atoms with van der Waals surface area (Å²) in [7, 11) is 0. The van der Waals surface area contributed by atoms with Gasteiger partial charge in [0.2, 0.25) is 0 Å². The number of azide groups is 1. The Labute approximate surface area is 85.7 Å². The van der Waals surface area contributed by atoms with Crippen LogP contribution in [0.15, 0.2) is 34.4 Å². The molecule has 0 radical (unpaired) electrons. The van der Waals surface area contributed by atoms with Crippen molar-refractivity contribution in [3.05, 3.63) is 34.7 Å². The molecular weight excluding hydrogens is 200 g/mol. The molecule has 70 valence electrons. The normalized spacial score (nSPS) is 8.29. The molecule has 0 bridgehead atoms. The molecule has 1 aromatic rings. The van der Waals surface area contributed by atoms with Crippen LogP contribution in [-0.4, -0.2) is 11.9 Å². The van der Waals surface area contributed by atoms with E-state index in [1.54, 1.807) is 24.3 Å². The smallest absolute Gasteiger partial charge is 0.167 e. The van der Waals surface area contributed by atoms with E-state index in [4.69, 9.17) is 10.3 Å². The Morgan fingerprint density at radius 1 is 1.50 bits per heavy atom. The maximum Gasteiger partial charge on any atom is 0.167 e. The zero-order chi connectivity index (χ0) is 10.2. The van der Waals surface area contributed by atoms with E-state index in [0.717, 1.165) is 0 Å². The minimum Gasteiger partial charge on any atom is -0.485 e. The quantitative estimate of drug-likeness (QED) is 0.250. The third-order valence-corrected chi connectivity index (χ3v) is 1.46. The standard InChI is InChI=1S/C8H6N4OS/c9-12-11-5-13-8-4-2-1-3-7(8)10-6-14/h1-4H,5H2.